The first-order valence-electron chi connectivity index (χ1n) is 8.58. The van der Waals surface area contributed by atoms with E-state index < -0.39 is 30.4 Å². The fraction of sp³-hybridized carbons (Fsp3) is 0.211. The molecule has 0 aliphatic carbocycles. The van der Waals surface area contributed by atoms with Gasteiger partial charge in [0.05, 0.1) is 5.52 Å². The van der Waals surface area contributed by atoms with Crippen LogP contribution in [0.3, 0.4) is 0 Å². The van der Waals surface area contributed by atoms with Crippen LogP contribution in [0.5, 0.6) is 0 Å². The predicted molar refractivity (Wildman–Crippen MR) is 104 cm³/mol. The number of pyridine rings is 1. The maximum Gasteiger partial charge on any atom is 0.405 e. The van der Waals surface area contributed by atoms with Crippen LogP contribution in [-0.2, 0) is 0 Å². The average Bonchev–Trinajstić information content (AvgIpc) is 3.07. The third-order valence-corrected chi connectivity index (χ3v) is 4.87. The summed E-state index contributed by atoms with van der Waals surface area (Å²) >= 11 is 1.33. The monoisotopic (exact) mass is 440 g/mol. The van der Waals surface area contributed by atoms with Crippen molar-refractivity contribution in [1.29, 1.82) is 0 Å². The lowest BCUT2D eigenvalue weighted by molar-refractivity contribution is -0.123. The maximum atomic E-state index is 14.3. The fourth-order valence-electron chi connectivity index (χ4n) is 2.72. The third-order valence-electron chi connectivity index (χ3n) is 4.22. The second-order valence-electron chi connectivity index (χ2n) is 6.29. The van der Waals surface area contributed by atoms with E-state index in [9.17, 15) is 27.2 Å². The molecule has 0 saturated carbocycles. The molecule has 3 aromatic rings. The lowest BCUT2D eigenvalue weighted by Gasteiger charge is -2.12. The zero-order chi connectivity index (χ0) is 22.1. The van der Waals surface area contributed by atoms with Crippen LogP contribution in [0.4, 0.5) is 23.2 Å². The minimum atomic E-state index is -4.60. The molecule has 11 heteroatoms. The van der Waals surface area contributed by atoms with E-state index in [0.29, 0.717) is 10.7 Å². The van der Waals surface area contributed by atoms with Gasteiger partial charge < -0.3 is 10.6 Å². The van der Waals surface area contributed by atoms with Gasteiger partial charge in [-0.25, -0.2) is 9.37 Å². The van der Waals surface area contributed by atoms with Crippen molar-refractivity contribution in [1.82, 2.24) is 14.7 Å². The topological polar surface area (TPSA) is 75.5 Å². The van der Waals surface area contributed by atoms with Crippen LogP contribution in [-0.4, -0.2) is 40.2 Å². The predicted octanol–water partition coefficient (Wildman–Crippen LogP) is 4.05. The number of hydrogen-bond donors (Lipinski definition) is 2. The first kappa shape index (κ1) is 21.6. The molecule has 1 aromatic carbocycles. The van der Waals surface area contributed by atoms with E-state index in [-0.39, 0.29) is 22.5 Å². The normalized spacial score (nSPS) is 11.5. The molecular formula is C19H16F4N4O2S. The van der Waals surface area contributed by atoms with Gasteiger partial charge >= 0.3 is 6.18 Å². The Morgan fingerprint density at radius 1 is 1.20 bits per heavy atom. The number of amides is 2. The van der Waals surface area contributed by atoms with Crippen LogP contribution in [0.25, 0.3) is 5.52 Å². The molecule has 0 bridgehead atoms. The molecular weight excluding hydrogens is 424 g/mol. The number of rotatable bonds is 5. The highest BCUT2D eigenvalue weighted by Gasteiger charge is 2.28. The average molecular weight is 440 g/mol. The minimum absolute atomic E-state index is 0.0318. The van der Waals surface area contributed by atoms with Gasteiger partial charge in [-0.1, -0.05) is 17.8 Å². The molecule has 30 heavy (non-hydrogen) atoms. The Bertz CT molecular complexity index is 1130. The molecule has 2 N–H and O–H groups in total. The van der Waals surface area contributed by atoms with Crippen LogP contribution in [0.15, 0.2) is 41.7 Å². The van der Waals surface area contributed by atoms with Gasteiger partial charge in [0, 0.05) is 23.0 Å². The van der Waals surface area contributed by atoms with Crippen molar-refractivity contribution in [3.05, 3.63) is 59.2 Å². The largest absolute Gasteiger partial charge is 0.405 e. The summed E-state index contributed by atoms with van der Waals surface area (Å²) in [6.07, 6.45) is -1.07. The van der Waals surface area contributed by atoms with Gasteiger partial charge in [-0.2, -0.15) is 13.2 Å². The number of carbonyl (C=O) groups excluding carboxylic acids is 2. The van der Waals surface area contributed by atoms with Crippen molar-refractivity contribution in [3.63, 3.8) is 0 Å². The zero-order valence-corrected chi connectivity index (χ0v) is 16.6. The summed E-state index contributed by atoms with van der Waals surface area (Å²) in [6.45, 7) is -0.178. The second-order valence-corrected chi connectivity index (χ2v) is 7.06. The standard InChI is InChI=1S/C19H16F4N4O2S/c1-10-12(20)7-11(16(28)24-9-19(21,22)23)8-13(10)25-17(29)15-14-5-3-4-6-27(14)18(26-15)30-2/h3-8H,9H2,1-2H3,(H,24,28)(H,25,29). The van der Waals surface area contributed by atoms with Crippen molar-refractivity contribution >= 4 is 34.8 Å². The third kappa shape index (κ3) is 4.56. The van der Waals surface area contributed by atoms with Gasteiger partial charge in [-0.05, 0) is 37.4 Å². The van der Waals surface area contributed by atoms with E-state index in [1.54, 1.807) is 40.4 Å². The maximum absolute atomic E-state index is 14.3. The highest BCUT2D eigenvalue weighted by Crippen LogP contribution is 2.24. The number of imidazole rings is 1. The minimum Gasteiger partial charge on any atom is -0.343 e. The number of fused-ring (bicyclic) bond motifs is 1. The first-order chi connectivity index (χ1) is 14.1. The first-order valence-corrected chi connectivity index (χ1v) is 9.80. The number of halogens is 4. The molecule has 2 aromatic heterocycles. The van der Waals surface area contributed by atoms with Gasteiger partial charge in [0.15, 0.2) is 10.9 Å². The number of thioether (sulfide) groups is 1. The Balaban J connectivity index is 1.90. The molecule has 158 valence electrons. The highest BCUT2D eigenvalue weighted by molar-refractivity contribution is 7.98. The zero-order valence-electron chi connectivity index (χ0n) is 15.8. The van der Waals surface area contributed by atoms with Crippen molar-refractivity contribution in [2.75, 3.05) is 18.1 Å². The summed E-state index contributed by atoms with van der Waals surface area (Å²) in [7, 11) is 0. The SMILES string of the molecule is CSc1nc(C(=O)Nc2cc(C(=O)NCC(F)(F)F)cc(F)c2C)c2ccccn12. The molecule has 0 radical (unpaired) electrons. The smallest absolute Gasteiger partial charge is 0.343 e. The molecule has 2 amide bonds. The van der Waals surface area contributed by atoms with Crippen molar-refractivity contribution in [2.45, 2.75) is 18.3 Å². The number of aromatic nitrogens is 2. The van der Waals surface area contributed by atoms with E-state index in [1.807, 2.05) is 0 Å². The Morgan fingerprint density at radius 3 is 2.60 bits per heavy atom. The molecule has 0 aliphatic rings. The van der Waals surface area contributed by atoms with Crippen LogP contribution < -0.4 is 10.6 Å². The lowest BCUT2D eigenvalue weighted by Crippen LogP contribution is -2.33. The Kier molecular flexibility index (Phi) is 6.01. The molecule has 6 nitrogen and oxygen atoms in total. The molecule has 3 rings (SSSR count). The Hall–Kier alpha value is -3.08. The Labute approximate surface area is 172 Å². The van der Waals surface area contributed by atoms with Crippen LogP contribution in [0.2, 0.25) is 0 Å². The molecule has 0 atom stereocenters. The summed E-state index contributed by atoms with van der Waals surface area (Å²) in [5.41, 5.74) is 0.254. The fourth-order valence-corrected chi connectivity index (χ4v) is 3.26. The molecule has 2 heterocycles. The van der Waals surface area contributed by atoms with Crippen molar-refractivity contribution in [3.8, 4) is 0 Å². The van der Waals surface area contributed by atoms with Crippen LogP contribution in [0, 0.1) is 12.7 Å². The summed E-state index contributed by atoms with van der Waals surface area (Å²) in [4.78, 5) is 29.0. The van der Waals surface area contributed by atoms with Gasteiger partial charge in [0.1, 0.15) is 12.4 Å². The van der Waals surface area contributed by atoms with Crippen LogP contribution >= 0.6 is 11.8 Å². The van der Waals surface area contributed by atoms with E-state index in [2.05, 4.69) is 10.3 Å². The molecule has 0 fully saturated rings. The van der Waals surface area contributed by atoms with E-state index in [4.69, 9.17) is 0 Å². The number of hydrogen-bond acceptors (Lipinski definition) is 4. The van der Waals surface area contributed by atoms with Gasteiger partial charge in [-0.3, -0.25) is 14.0 Å². The molecule has 0 aliphatic heterocycles. The summed E-state index contributed by atoms with van der Waals surface area (Å²) in [5.74, 6) is -2.60. The number of carbonyl (C=O) groups is 2. The van der Waals surface area contributed by atoms with Crippen molar-refractivity contribution < 1.29 is 27.2 Å². The summed E-state index contributed by atoms with van der Waals surface area (Å²) in [6, 6.07) is 7.13. The molecule has 0 unspecified atom stereocenters. The van der Waals surface area contributed by atoms with Crippen LogP contribution in [0.1, 0.15) is 26.4 Å². The molecule has 0 saturated heterocycles. The van der Waals surface area contributed by atoms with E-state index in [0.717, 1.165) is 12.1 Å². The number of nitrogens with one attached hydrogen (secondary N) is 2. The van der Waals surface area contributed by atoms with E-state index in [1.165, 1.54) is 18.7 Å². The highest BCUT2D eigenvalue weighted by atomic mass is 32.2. The van der Waals surface area contributed by atoms with Gasteiger partial charge in [0.25, 0.3) is 11.8 Å². The lowest BCUT2D eigenvalue weighted by atomic mass is 10.1. The number of alkyl halides is 3. The Morgan fingerprint density at radius 2 is 1.93 bits per heavy atom. The van der Waals surface area contributed by atoms with Crippen molar-refractivity contribution in [2.24, 2.45) is 0 Å². The van der Waals surface area contributed by atoms with Gasteiger partial charge in [-0.15, -0.1) is 0 Å². The quantitative estimate of drug-likeness (QED) is 0.464. The summed E-state index contributed by atoms with van der Waals surface area (Å²) < 4.78 is 52.9. The summed E-state index contributed by atoms with van der Waals surface area (Å²) in [5, 5.41) is 4.74. The second kappa shape index (κ2) is 8.34. The van der Waals surface area contributed by atoms with E-state index >= 15 is 0 Å². The molecule has 0 spiro atoms. The van der Waals surface area contributed by atoms with Gasteiger partial charge in [0.2, 0.25) is 0 Å². The number of nitrogens with zero attached hydrogens (tertiary/aromatic N) is 2. The number of anilines is 1. The number of benzene rings is 1.